The summed E-state index contributed by atoms with van der Waals surface area (Å²) in [4.78, 5) is 29.6. The van der Waals surface area contributed by atoms with Gasteiger partial charge in [0.1, 0.15) is 17.4 Å². The lowest BCUT2D eigenvalue weighted by Crippen LogP contribution is -2.29. The molecule has 0 aliphatic rings. The molecule has 0 aliphatic carbocycles. The second kappa shape index (κ2) is 10.2. The zero-order valence-electron chi connectivity index (χ0n) is 19.3. The van der Waals surface area contributed by atoms with E-state index in [9.17, 15) is 9.59 Å². The van der Waals surface area contributed by atoms with Crippen molar-refractivity contribution in [3.63, 3.8) is 0 Å². The van der Waals surface area contributed by atoms with Crippen LogP contribution in [-0.2, 0) is 17.8 Å². The van der Waals surface area contributed by atoms with Crippen molar-refractivity contribution in [3.05, 3.63) is 70.3 Å². The number of carbonyl (C=O) groups excluding carboxylic acids is 1. The highest BCUT2D eigenvalue weighted by Gasteiger charge is 2.17. The number of nitrogens with zero attached hydrogens (tertiary/aromatic N) is 3. The molecule has 34 heavy (non-hydrogen) atoms. The van der Waals surface area contributed by atoms with Gasteiger partial charge >= 0.3 is 0 Å². The second-order valence-corrected chi connectivity index (χ2v) is 7.86. The highest BCUT2D eigenvalue weighted by molar-refractivity contribution is 5.88. The van der Waals surface area contributed by atoms with Crippen LogP contribution in [0.15, 0.2) is 58.1 Å². The highest BCUT2D eigenvalue weighted by Crippen LogP contribution is 2.27. The minimum absolute atomic E-state index is 0.143. The topological polar surface area (TPSA) is 108 Å². The van der Waals surface area contributed by atoms with E-state index in [0.717, 1.165) is 16.7 Å². The van der Waals surface area contributed by atoms with Crippen molar-refractivity contribution in [1.82, 2.24) is 20.0 Å². The van der Waals surface area contributed by atoms with E-state index < -0.39 is 0 Å². The molecule has 1 amide bonds. The minimum Gasteiger partial charge on any atom is -0.493 e. The van der Waals surface area contributed by atoms with Crippen LogP contribution in [0, 0.1) is 6.92 Å². The maximum absolute atomic E-state index is 13.0. The van der Waals surface area contributed by atoms with Gasteiger partial charge in [-0.1, -0.05) is 41.1 Å². The number of amides is 1. The van der Waals surface area contributed by atoms with E-state index in [1.54, 1.807) is 14.2 Å². The normalized spacial score (nSPS) is 10.9. The monoisotopic (exact) mass is 462 g/mol. The summed E-state index contributed by atoms with van der Waals surface area (Å²) in [6.45, 7) is 2.64. The first-order valence-electron chi connectivity index (χ1n) is 10.9. The highest BCUT2D eigenvalue weighted by atomic mass is 16.5. The predicted octanol–water partition coefficient (Wildman–Crippen LogP) is 3.13. The van der Waals surface area contributed by atoms with Crippen LogP contribution in [0.3, 0.4) is 0 Å². The summed E-state index contributed by atoms with van der Waals surface area (Å²) in [5.74, 6) is 1.15. The Morgan fingerprint density at radius 2 is 1.85 bits per heavy atom. The van der Waals surface area contributed by atoms with Gasteiger partial charge in [0.15, 0.2) is 11.5 Å². The first-order chi connectivity index (χ1) is 16.5. The van der Waals surface area contributed by atoms with Gasteiger partial charge in [-0.3, -0.25) is 14.2 Å². The Balaban J connectivity index is 1.38. The van der Waals surface area contributed by atoms with Crippen LogP contribution in [0.25, 0.3) is 22.4 Å². The van der Waals surface area contributed by atoms with Crippen LogP contribution < -0.4 is 20.3 Å². The molecule has 0 saturated carbocycles. The standard InChI is InChI=1S/C25H26N4O5/c1-16-4-7-18(8-5-16)23-22-24(34-28-23)27-15-29(25(22)31)13-11-21(30)26-12-10-17-6-9-19(32-2)20(14-17)33-3/h4-9,14-15H,10-13H2,1-3H3,(H,26,30). The number of hydrogen-bond acceptors (Lipinski definition) is 7. The Morgan fingerprint density at radius 3 is 2.59 bits per heavy atom. The third-order valence-electron chi connectivity index (χ3n) is 5.55. The van der Waals surface area contributed by atoms with E-state index in [2.05, 4.69) is 15.5 Å². The molecule has 0 fully saturated rings. The zero-order chi connectivity index (χ0) is 24.1. The van der Waals surface area contributed by atoms with Crippen molar-refractivity contribution >= 4 is 17.0 Å². The van der Waals surface area contributed by atoms with Crippen molar-refractivity contribution in [1.29, 1.82) is 0 Å². The summed E-state index contributed by atoms with van der Waals surface area (Å²) in [7, 11) is 3.17. The number of nitrogens with one attached hydrogen (secondary N) is 1. The Morgan fingerprint density at radius 1 is 1.09 bits per heavy atom. The van der Waals surface area contributed by atoms with Crippen LogP contribution in [0.2, 0.25) is 0 Å². The average molecular weight is 463 g/mol. The molecule has 2 aromatic carbocycles. The Kier molecular flexibility index (Phi) is 6.91. The molecule has 0 bridgehead atoms. The SMILES string of the molecule is COc1ccc(CCNC(=O)CCn2cnc3onc(-c4ccc(C)cc4)c3c2=O)cc1OC. The van der Waals surface area contributed by atoms with Crippen molar-refractivity contribution in [3.8, 4) is 22.8 Å². The van der Waals surface area contributed by atoms with Gasteiger partial charge in [-0.25, -0.2) is 4.98 Å². The fraction of sp³-hybridized carbons (Fsp3) is 0.280. The van der Waals surface area contributed by atoms with Crippen molar-refractivity contribution in [2.45, 2.75) is 26.3 Å². The number of ether oxygens (including phenoxy) is 2. The molecule has 9 heteroatoms. The van der Waals surface area contributed by atoms with Gasteiger partial charge in [0.05, 0.1) is 14.2 Å². The van der Waals surface area contributed by atoms with E-state index in [4.69, 9.17) is 14.0 Å². The van der Waals surface area contributed by atoms with Gasteiger partial charge in [0, 0.05) is 25.1 Å². The third-order valence-corrected chi connectivity index (χ3v) is 5.55. The number of benzene rings is 2. The van der Waals surface area contributed by atoms with Crippen molar-refractivity contribution < 1.29 is 18.8 Å². The largest absolute Gasteiger partial charge is 0.493 e. The lowest BCUT2D eigenvalue weighted by molar-refractivity contribution is -0.121. The van der Waals surface area contributed by atoms with E-state index in [-0.39, 0.29) is 30.1 Å². The number of hydrogen-bond donors (Lipinski definition) is 1. The molecule has 176 valence electrons. The molecule has 4 rings (SSSR count). The maximum atomic E-state index is 13.0. The number of fused-ring (bicyclic) bond motifs is 1. The average Bonchev–Trinajstić information content (AvgIpc) is 3.29. The number of aryl methyl sites for hydroxylation is 2. The Labute approximate surface area is 196 Å². The minimum atomic E-state index is -0.292. The molecule has 1 N–H and O–H groups in total. The lowest BCUT2D eigenvalue weighted by Gasteiger charge is -2.10. The second-order valence-electron chi connectivity index (χ2n) is 7.86. The molecule has 2 heterocycles. The van der Waals surface area contributed by atoms with Gasteiger partial charge < -0.3 is 19.3 Å². The van der Waals surface area contributed by atoms with E-state index in [1.165, 1.54) is 10.9 Å². The lowest BCUT2D eigenvalue weighted by atomic mass is 10.1. The summed E-state index contributed by atoms with van der Waals surface area (Å²) in [6, 6.07) is 13.3. The molecule has 2 aromatic heterocycles. The van der Waals surface area contributed by atoms with Crippen LogP contribution in [0.5, 0.6) is 11.5 Å². The number of rotatable bonds is 9. The molecule has 0 aliphatic heterocycles. The van der Waals surface area contributed by atoms with E-state index in [1.807, 2.05) is 49.4 Å². The molecular weight excluding hydrogens is 436 g/mol. The first kappa shape index (κ1) is 23.0. The molecular formula is C25H26N4O5. The fourth-order valence-electron chi connectivity index (χ4n) is 3.64. The number of aromatic nitrogens is 3. The van der Waals surface area contributed by atoms with Gasteiger partial charge in [0.25, 0.3) is 11.3 Å². The summed E-state index contributed by atoms with van der Waals surface area (Å²) in [6.07, 6.45) is 2.16. The summed E-state index contributed by atoms with van der Waals surface area (Å²) in [5, 5.41) is 7.23. The number of carbonyl (C=O) groups is 1. The third kappa shape index (κ3) is 4.93. The van der Waals surface area contributed by atoms with Gasteiger partial charge in [-0.2, -0.15) is 0 Å². The van der Waals surface area contributed by atoms with Gasteiger partial charge in [-0.05, 0) is 31.0 Å². The molecule has 4 aromatic rings. The van der Waals surface area contributed by atoms with Crippen LogP contribution in [0.1, 0.15) is 17.5 Å². The Bertz CT molecular complexity index is 1360. The fourth-order valence-corrected chi connectivity index (χ4v) is 3.64. The van der Waals surface area contributed by atoms with Gasteiger partial charge in [0.2, 0.25) is 5.91 Å². The van der Waals surface area contributed by atoms with E-state index >= 15 is 0 Å². The molecule has 0 atom stereocenters. The molecule has 0 unspecified atom stereocenters. The molecule has 9 nitrogen and oxygen atoms in total. The van der Waals surface area contributed by atoms with E-state index in [0.29, 0.717) is 35.5 Å². The van der Waals surface area contributed by atoms with Gasteiger partial charge in [-0.15, -0.1) is 0 Å². The smallest absolute Gasteiger partial charge is 0.266 e. The quantitative estimate of drug-likeness (QED) is 0.407. The van der Waals surface area contributed by atoms with Crippen molar-refractivity contribution in [2.75, 3.05) is 20.8 Å². The molecule has 0 radical (unpaired) electrons. The zero-order valence-corrected chi connectivity index (χ0v) is 19.3. The summed E-state index contributed by atoms with van der Waals surface area (Å²) in [5.41, 5.74) is 3.22. The van der Waals surface area contributed by atoms with Crippen LogP contribution >= 0.6 is 0 Å². The Hall–Kier alpha value is -4.14. The first-order valence-corrected chi connectivity index (χ1v) is 10.9. The number of methoxy groups -OCH3 is 2. The van der Waals surface area contributed by atoms with Crippen LogP contribution in [-0.4, -0.2) is 41.4 Å². The maximum Gasteiger partial charge on any atom is 0.266 e. The summed E-state index contributed by atoms with van der Waals surface area (Å²) < 4.78 is 17.2. The van der Waals surface area contributed by atoms with Crippen LogP contribution in [0.4, 0.5) is 0 Å². The predicted molar refractivity (Wildman–Crippen MR) is 127 cm³/mol. The van der Waals surface area contributed by atoms with Crippen molar-refractivity contribution in [2.24, 2.45) is 0 Å². The molecule has 0 saturated heterocycles. The summed E-state index contributed by atoms with van der Waals surface area (Å²) >= 11 is 0. The molecule has 0 spiro atoms.